The summed E-state index contributed by atoms with van der Waals surface area (Å²) in [4.78, 5) is 39.1. The van der Waals surface area contributed by atoms with Crippen molar-refractivity contribution in [2.45, 2.75) is 37.8 Å². The number of nitrogens with one attached hydrogen (secondary N) is 2. The van der Waals surface area contributed by atoms with E-state index in [1.807, 2.05) is 23.5 Å². The van der Waals surface area contributed by atoms with Crippen LogP contribution in [0, 0.1) is 0 Å². The van der Waals surface area contributed by atoms with Crippen LogP contribution in [-0.4, -0.2) is 50.0 Å². The summed E-state index contributed by atoms with van der Waals surface area (Å²) in [6, 6.07) is 13.2. The van der Waals surface area contributed by atoms with Gasteiger partial charge in [0.25, 0.3) is 11.8 Å². The lowest BCUT2D eigenvalue weighted by Gasteiger charge is -2.24. The number of anilines is 1. The molecule has 0 spiro atoms. The zero-order chi connectivity index (χ0) is 25.0. The molecule has 0 radical (unpaired) electrons. The van der Waals surface area contributed by atoms with Gasteiger partial charge in [-0.1, -0.05) is 42.5 Å². The maximum Gasteiger partial charge on any atom is 0.407 e. The van der Waals surface area contributed by atoms with Gasteiger partial charge < -0.3 is 20.3 Å². The molecule has 1 aliphatic rings. The summed E-state index contributed by atoms with van der Waals surface area (Å²) in [6.07, 6.45) is -7.78. The highest BCUT2D eigenvalue weighted by atomic mass is 19.3. The largest absolute Gasteiger partial charge is 0.436 e. The molecule has 2 N–H and O–H groups in total. The first kappa shape index (κ1) is 25.0. The fourth-order valence-electron chi connectivity index (χ4n) is 3.53. The molecule has 2 atom stereocenters. The van der Waals surface area contributed by atoms with Crippen molar-refractivity contribution in [2.24, 2.45) is 0 Å². The second-order valence-corrected chi connectivity index (χ2v) is 7.73. The van der Waals surface area contributed by atoms with Crippen molar-refractivity contribution in [2.75, 3.05) is 18.5 Å². The van der Waals surface area contributed by atoms with Crippen LogP contribution in [0.1, 0.15) is 24.9 Å². The van der Waals surface area contributed by atoms with Crippen LogP contribution in [0.15, 0.2) is 48.5 Å². The Kier molecular flexibility index (Phi) is 7.43. The number of ether oxygens (including phenoxy) is 1. The Morgan fingerprint density at radius 1 is 1.09 bits per heavy atom. The van der Waals surface area contributed by atoms with Crippen LogP contribution >= 0.6 is 0 Å². The van der Waals surface area contributed by atoms with E-state index in [0.29, 0.717) is 11.3 Å². The smallest absolute Gasteiger partial charge is 0.407 e. The number of hydrogen-bond donors (Lipinski definition) is 2. The monoisotopic (exact) mass is 481 g/mol. The van der Waals surface area contributed by atoms with Crippen molar-refractivity contribution in [1.29, 1.82) is 0 Å². The molecular formula is C23H23F4N3O4. The molecule has 0 fully saturated rings. The maximum atomic E-state index is 13.2. The highest BCUT2D eigenvalue weighted by molar-refractivity contribution is 6.06. The van der Waals surface area contributed by atoms with Crippen LogP contribution in [0.25, 0.3) is 11.1 Å². The number of fused-ring (bicyclic) bond motifs is 3. The summed E-state index contributed by atoms with van der Waals surface area (Å²) in [5.74, 6) is -5.48. The van der Waals surface area contributed by atoms with Gasteiger partial charge in [-0.3, -0.25) is 9.59 Å². The molecular weight excluding hydrogens is 458 g/mol. The summed E-state index contributed by atoms with van der Waals surface area (Å²) in [5.41, 5.74) is 2.74. The van der Waals surface area contributed by atoms with Gasteiger partial charge in [0.05, 0.1) is 5.69 Å². The van der Waals surface area contributed by atoms with E-state index >= 15 is 0 Å². The van der Waals surface area contributed by atoms with Crippen molar-refractivity contribution in [1.82, 2.24) is 10.6 Å². The first-order valence-electron chi connectivity index (χ1n) is 10.4. The Morgan fingerprint density at radius 2 is 1.71 bits per heavy atom. The first-order chi connectivity index (χ1) is 16.0. The number of carbonyl (C=O) groups is 3. The minimum atomic E-state index is -4.26. The van der Waals surface area contributed by atoms with Gasteiger partial charge in [0.2, 0.25) is 0 Å². The number of halogens is 4. The number of benzene rings is 2. The van der Waals surface area contributed by atoms with Crippen LogP contribution in [0.3, 0.4) is 0 Å². The Bertz CT molecular complexity index is 1080. The zero-order valence-corrected chi connectivity index (χ0v) is 18.4. The number of hydrogen-bond acceptors (Lipinski definition) is 4. The predicted molar refractivity (Wildman–Crippen MR) is 116 cm³/mol. The lowest BCUT2D eigenvalue weighted by molar-refractivity contribution is -0.133. The van der Waals surface area contributed by atoms with Crippen LogP contribution in [0.2, 0.25) is 0 Å². The van der Waals surface area contributed by atoms with Gasteiger partial charge in [0.1, 0.15) is 6.04 Å². The summed E-state index contributed by atoms with van der Waals surface area (Å²) < 4.78 is 55.1. The molecule has 1 aliphatic heterocycles. The van der Waals surface area contributed by atoms with E-state index in [-0.39, 0.29) is 0 Å². The molecule has 182 valence electrons. The Morgan fingerprint density at radius 3 is 2.38 bits per heavy atom. The number of alkyl halides is 4. The fraction of sp³-hybridized carbons (Fsp3) is 0.348. The number of para-hydroxylation sites is 1. The average Bonchev–Trinajstić information content (AvgIpc) is 2.88. The van der Waals surface area contributed by atoms with Gasteiger partial charge in [-0.2, -0.15) is 0 Å². The number of rotatable bonds is 7. The van der Waals surface area contributed by atoms with E-state index in [4.69, 9.17) is 4.74 Å². The van der Waals surface area contributed by atoms with Gasteiger partial charge in [-0.25, -0.2) is 22.4 Å². The number of nitrogens with zero attached hydrogens (tertiary/aromatic N) is 1. The van der Waals surface area contributed by atoms with E-state index in [1.165, 1.54) is 11.8 Å². The molecule has 3 amide bonds. The maximum absolute atomic E-state index is 13.2. The SMILES string of the molecule is C[C@H](OC(=O)NCCC(F)(F)C(F)F)C(=O)NC1C(=O)N(C)c2ccccc2-c2ccccc21. The number of amides is 3. The fourth-order valence-corrected chi connectivity index (χ4v) is 3.53. The van der Waals surface area contributed by atoms with Gasteiger partial charge in [0, 0.05) is 25.6 Å². The molecule has 11 heteroatoms. The van der Waals surface area contributed by atoms with E-state index in [9.17, 15) is 31.9 Å². The molecule has 0 bridgehead atoms. The van der Waals surface area contributed by atoms with Crippen molar-refractivity contribution in [3.8, 4) is 11.1 Å². The molecule has 0 aliphatic carbocycles. The van der Waals surface area contributed by atoms with Crippen LogP contribution < -0.4 is 15.5 Å². The van der Waals surface area contributed by atoms with E-state index in [2.05, 4.69) is 5.32 Å². The van der Waals surface area contributed by atoms with Crippen LogP contribution in [0.5, 0.6) is 0 Å². The molecule has 1 heterocycles. The Labute approximate surface area is 193 Å². The molecule has 0 saturated carbocycles. The Balaban J connectivity index is 1.69. The average molecular weight is 481 g/mol. The first-order valence-corrected chi connectivity index (χ1v) is 10.4. The predicted octanol–water partition coefficient (Wildman–Crippen LogP) is 3.89. The summed E-state index contributed by atoms with van der Waals surface area (Å²) in [6.45, 7) is 0.455. The molecule has 7 nitrogen and oxygen atoms in total. The summed E-state index contributed by atoms with van der Waals surface area (Å²) >= 11 is 0. The highest BCUT2D eigenvalue weighted by Crippen LogP contribution is 2.39. The standard InChI is InChI=1S/C23H23F4N3O4/c1-13(34-22(33)28-12-11-23(26,27)21(24)25)19(31)29-18-16-9-4-3-7-14(16)15-8-5-6-10-17(15)30(2)20(18)32/h3-10,13,18,21H,11-12H2,1-2H3,(H,28,33)(H,29,31)/t13-,18?/m0/s1. The molecule has 0 saturated heterocycles. The van der Waals surface area contributed by atoms with Crippen molar-refractivity contribution >= 4 is 23.6 Å². The third kappa shape index (κ3) is 5.29. The van der Waals surface area contributed by atoms with Crippen LogP contribution in [-0.2, 0) is 14.3 Å². The second-order valence-electron chi connectivity index (χ2n) is 7.73. The summed E-state index contributed by atoms with van der Waals surface area (Å²) in [5, 5.41) is 4.48. The van der Waals surface area contributed by atoms with Gasteiger partial charge in [-0.15, -0.1) is 0 Å². The molecule has 34 heavy (non-hydrogen) atoms. The lowest BCUT2D eigenvalue weighted by Crippen LogP contribution is -2.45. The van der Waals surface area contributed by atoms with Crippen molar-refractivity contribution in [3.63, 3.8) is 0 Å². The topological polar surface area (TPSA) is 87.7 Å². The quantitative estimate of drug-likeness (QED) is 0.588. The van der Waals surface area contributed by atoms with Gasteiger partial charge >= 0.3 is 18.4 Å². The second kappa shape index (κ2) is 10.1. The van der Waals surface area contributed by atoms with E-state index in [0.717, 1.165) is 11.1 Å². The third-order valence-corrected chi connectivity index (χ3v) is 5.39. The van der Waals surface area contributed by atoms with E-state index in [1.54, 1.807) is 37.4 Å². The minimum Gasteiger partial charge on any atom is -0.436 e. The number of carbonyl (C=O) groups excluding carboxylic acids is 3. The molecule has 0 aromatic heterocycles. The molecule has 3 rings (SSSR count). The van der Waals surface area contributed by atoms with Gasteiger partial charge in [-0.05, 0) is 24.1 Å². The van der Waals surface area contributed by atoms with Crippen molar-refractivity contribution < 1.29 is 36.7 Å². The molecule has 2 aromatic carbocycles. The zero-order valence-electron chi connectivity index (χ0n) is 18.4. The van der Waals surface area contributed by atoms with E-state index < -0.39 is 55.4 Å². The highest BCUT2D eigenvalue weighted by Gasteiger charge is 2.40. The minimum absolute atomic E-state index is 0.420. The summed E-state index contributed by atoms with van der Waals surface area (Å²) in [7, 11) is 1.58. The molecule has 1 unspecified atom stereocenters. The Hall–Kier alpha value is -3.63. The van der Waals surface area contributed by atoms with Gasteiger partial charge in [0.15, 0.2) is 6.10 Å². The van der Waals surface area contributed by atoms with Crippen molar-refractivity contribution in [3.05, 3.63) is 54.1 Å². The number of likely N-dealkylation sites (N-methyl/N-ethyl adjacent to an activating group) is 1. The number of alkyl carbamates (subject to hydrolysis) is 1. The normalized spacial score (nSPS) is 16.3. The molecule has 2 aromatic rings. The third-order valence-electron chi connectivity index (χ3n) is 5.39. The lowest BCUT2D eigenvalue weighted by atomic mass is 9.95. The van der Waals surface area contributed by atoms with Crippen LogP contribution in [0.4, 0.5) is 28.0 Å².